The van der Waals surface area contributed by atoms with Crippen LogP contribution in [-0.4, -0.2) is 33.7 Å². The van der Waals surface area contributed by atoms with E-state index in [2.05, 4.69) is 10.1 Å². The van der Waals surface area contributed by atoms with Crippen LogP contribution in [0.25, 0.3) is 16.7 Å². The first-order valence-electron chi connectivity index (χ1n) is 9.48. The molecule has 0 spiro atoms. The lowest BCUT2D eigenvalue weighted by Crippen LogP contribution is -2.29. The van der Waals surface area contributed by atoms with Crippen molar-refractivity contribution >= 4 is 28.5 Å². The van der Waals surface area contributed by atoms with Crippen LogP contribution in [-0.2, 0) is 0 Å². The van der Waals surface area contributed by atoms with Crippen LogP contribution in [0.5, 0.6) is 5.75 Å². The van der Waals surface area contributed by atoms with Gasteiger partial charge in [0.15, 0.2) is 5.65 Å². The second-order valence-electron chi connectivity index (χ2n) is 7.17. The van der Waals surface area contributed by atoms with Gasteiger partial charge in [-0.05, 0) is 49.7 Å². The minimum Gasteiger partial charge on any atom is -0.497 e. The van der Waals surface area contributed by atoms with Gasteiger partial charge in [0.1, 0.15) is 5.75 Å². The highest BCUT2D eigenvalue weighted by molar-refractivity contribution is 6.37. The molecule has 0 fully saturated rings. The van der Waals surface area contributed by atoms with Crippen molar-refractivity contribution in [1.29, 1.82) is 0 Å². The maximum Gasteiger partial charge on any atom is 0.267 e. The van der Waals surface area contributed by atoms with Crippen molar-refractivity contribution < 1.29 is 14.3 Å². The van der Waals surface area contributed by atoms with Gasteiger partial charge in [-0.15, -0.1) is 0 Å². The summed E-state index contributed by atoms with van der Waals surface area (Å²) in [5.74, 6) is -0.118. The van der Waals surface area contributed by atoms with E-state index in [1.807, 2.05) is 38.1 Å². The van der Waals surface area contributed by atoms with Crippen LogP contribution in [0.1, 0.15) is 32.0 Å². The van der Waals surface area contributed by atoms with Crippen molar-refractivity contribution in [2.75, 3.05) is 12.0 Å². The summed E-state index contributed by atoms with van der Waals surface area (Å²) in [4.78, 5) is 32.1. The number of imide groups is 1. The molecule has 148 valence electrons. The molecule has 7 nitrogen and oxygen atoms in total. The molecule has 0 saturated carbocycles. The lowest BCUT2D eigenvalue weighted by Gasteiger charge is -2.14. The van der Waals surface area contributed by atoms with Crippen LogP contribution in [0.4, 0.5) is 5.69 Å². The summed E-state index contributed by atoms with van der Waals surface area (Å²) in [6.45, 7) is 3.82. The Labute approximate surface area is 172 Å². The van der Waals surface area contributed by atoms with E-state index in [1.54, 1.807) is 36.1 Å². The highest BCUT2D eigenvalue weighted by Gasteiger charge is 2.40. The predicted octanol–water partition coefficient (Wildman–Crippen LogP) is 3.85. The maximum atomic E-state index is 13.4. The second-order valence-corrected chi connectivity index (χ2v) is 7.17. The molecule has 1 aliphatic heterocycles. The van der Waals surface area contributed by atoms with E-state index < -0.39 is 5.91 Å². The predicted molar refractivity (Wildman–Crippen MR) is 112 cm³/mol. The van der Waals surface area contributed by atoms with Crippen molar-refractivity contribution in [2.45, 2.75) is 13.8 Å². The van der Waals surface area contributed by atoms with Crippen molar-refractivity contribution in [2.24, 2.45) is 0 Å². The standard InChI is InChI=1S/C23H18N4O3/c1-13-6-4-5-7-18(13)27-21-19(14(2)25-27)20-17(12-24-21)22(28)26(23(20)29)15-8-10-16(30-3)11-9-15/h4-12H,1-3H3. The number of carbonyl (C=O) groups is 2. The Balaban J connectivity index is 1.69. The number of rotatable bonds is 3. The molecule has 2 amide bonds. The van der Waals surface area contributed by atoms with Crippen molar-refractivity contribution in [3.05, 3.63) is 77.1 Å². The summed E-state index contributed by atoms with van der Waals surface area (Å²) in [6.07, 6.45) is 1.47. The summed E-state index contributed by atoms with van der Waals surface area (Å²) < 4.78 is 6.90. The van der Waals surface area contributed by atoms with E-state index in [0.717, 1.165) is 11.3 Å². The number of aromatic nitrogens is 3. The number of methoxy groups -OCH3 is 1. The Morgan fingerprint density at radius 2 is 1.67 bits per heavy atom. The number of ether oxygens (including phenoxy) is 1. The van der Waals surface area contributed by atoms with Gasteiger partial charge in [0, 0.05) is 6.20 Å². The second kappa shape index (κ2) is 6.52. The molecule has 7 heteroatoms. The summed E-state index contributed by atoms with van der Waals surface area (Å²) in [5, 5.41) is 5.24. The molecule has 0 aliphatic carbocycles. The molecule has 0 bridgehead atoms. The average Bonchev–Trinajstić information content (AvgIpc) is 3.22. The van der Waals surface area contributed by atoms with Crippen LogP contribution >= 0.6 is 0 Å². The zero-order valence-electron chi connectivity index (χ0n) is 16.7. The molecule has 2 aromatic carbocycles. The highest BCUT2D eigenvalue weighted by Crippen LogP contribution is 2.35. The van der Waals surface area contributed by atoms with E-state index in [1.165, 1.54) is 11.1 Å². The fourth-order valence-electron chi connectivity index (χ4n) is 3.90. The van der Waals surface area contributed by atoms with Gasteiger partial charge in [0.05, 0.1) is 40.7 Å². The first-order valence-corrected chi connectivity index (χ1v) is 9.48. The minimum atomic E-state index is -0.391. The fraction of sp³-hybridized carbons (Fsp3) is 0.130. The Hall–Kier alpha value is -4.00. The third-order valence-electron chi connectivity index (χ3n) is 5.40. The Morgan fingerprint density at radius 3 is 2.37 bits per heavy atom. The van der Waals surface area contributed by atoms with Crippen molar-refractivity contribution in [3.8, 4) is 11.4 Å². The van der Waals surface area contributed by atoms with E-state index >= 15 is 0 Å². The maximum absolute atomic E-state index is 13.4. The number of hydrogen-bond acceptors (Lipinski definition) is 5. The highest BCUT2D eigenvalue weighted by atomic mass is 16.5. The number of carbonyl (C=O) groups excluding carboxylic acids is 2. The molecule has 1 aliphatic rings. The van der Waals surface area contributed by atoms with Crippen LogP contribution < -0.4 is 9.64 Å². The number of nitrogens with zero attached hydrogens (tertiary/aromatic N) is 4. The third kappa shape index (κ3) is 2.45. The zero-order chi connectivity index (χ0) is 21.0. The van der Waals surface area contributed by atoms with Gasteiger partial charge < -0.3 is 4.74 Å². The Bertz CT molecular complexity index is 1340. The number of hydrogen-bond donors (Lipinski definition) is 0. The van der Waals surface area contributed by atoms with Crippen LogP contribution in [0.15, 0.2) is 54.7 Å². The first kappa shape index (κ1) is 18.1. The number of fused-ring (bicyclic) bond motifs is 3. The normalized spacial score (nSPS) is 13.2. The summed E-state index contributed by atoms with van der Waals surface area (Å²) in [6, 6.07) is 14.6. The molecule has 0 N–H and O–H groups in total. The number of anilines is 1. The first-order chi connectivity index (χ1) is 14.5. The average molecular weight is 398 g/mol. The monoisotopic (exact) mass is 398 g/mol. The lowest BCUT2D eigenvalue weighted by atomic mass is 10.1. The SMILES string of the molecule is COc1ccc(N2C(=O)c3cnc4c(c(C)nn4-c4ccccc4C)c3C2=O)cc1. The number of amides is 2. The van der Waals surface area contributed by atoms with Crippen LogP contribution in [0.3, 0.4) is 0 Å². The molecule has 0 atom stereocenters. The molecule has 4 aromatic rings. The topological polar surface area (TPSA) is 77.3 Å². The largest absolute Gasteiger partial charge is 0.497 e. The minimum absolute atomic E-state index is 0.288. The zero-order valence-corrected chi connectivity index (χ0v) is 16.7. The van der Waals surface area contributed by atoms with E-state index in [4.69, 9.17) is 4.74 Å². The quantitative estimate of drug-likeness (QED) is 0.490. The lowest BCUT2D eigenvalue weighted by molar-refractivity contribution is 0.0926. The van der Waals surface area contributed by atoms with Gasteiger partial charge in [-0.25, -0.2) is 14.6 Å². The number of aryl methyl sites for hydroxylation is 2. The molecule has 30 heavy (non-hydrogen) atoms. The van der Waals surface area contributed by atoms with Gasteiger partial charge in [0.2, 0.25) is 0 Å². The van der Waals surface area contributed by atoms with Crippen molar-refractivity contribution in [3.63, 3.8) is 0 Å². The van der Waals surface area contributed by atoms with Gasteiger partial charge in [-0.3, -0.25) is 9.59 Å². The summed E-state index contributed by atoms with van der Waals surface area (Å²) in [5.41, 5.74) is 4.24. The molecule has 0 radical (unpaired) electrons. The van der Waals surface area contributed by atoms with E-state index in [-0.39, 0.29) is 11.5 Å². The molecular weight excluding hydrogens is 380 g/mol. The molecular formula is C23H18N4O3. The van der Waals surface area contributed by atoms with E-state index in [0.29, 0.717) is 33.7 Å². The van der Waals surface area contributed by atoms with Crippen LogP contribution in [0, 0.1) is 13.8 Å². The number of pyridine rings is 1. The number of benzene rings is 2. The van der Waals surface area contributed by atoms with Gasteiger partial charge in [-0.1, -0.05) is 18.2 Å². The Morgan fingerprint density at radius 1 is 0.933 bits per heavy atom. The molecule has 0 unspecified atom stereocenters. The Kier molecular flexibility index (Phi) is 3.92. The van der Waals surface area contributed by atoms with Gasteiger partial charge >= 0.3 is 0 Å². The third-order valence-corrected chi connectivity index (χ3v) is 5.40. The summed E-state index contributed by atoms with van der Waals surface area (Å²) >= 11 is 0. The van der Waals surface area contributed by atoms with Crippen LogP contribution in [0.2, 0.25) is 0 Å². The van der Waals surface area contributed by atoms with Gasteiger partial charge in [-0.2, -0.15) is 5.10 Å². The fourth-order valence-corrected chi connectivity index (χ4v) is 3.90. The summed E-state index contributed by atoms with van der Waals surface area (Å²) in [7, 11) is 1.56. The molecule has 2 aromatic heterocycles. The molecule has 3 heterocycles. The smallest absolute Gasteiger partial charge is 0.267 e. The van der Waals surface area contributed by atoms with E-state index in [9.17, 15) is 9.59 Å². The van der Waals surface area contributed by atoms with Crippen molar-refractivity contribution in [1.82, 2.24) is 14.8 Å². The number of para-hydroxylation sites is 1. The molecule has 5 rings (SSSR count). The molecule has 0 saturated heterocycles. The van der Waals surface area contributed by atoms with Gasteiger partial charge in [0.25, 0.3) is 11.8 Å².